The minimum atomic E-state index is -0.925. The van der Waals surface area contributed by atoms with E-state index in [2.05, 4.69) is 4.98 Å². The molecular formula is C14H13NO2. The van der Waals surface area contributed by atoms with E-state index < -0.39 is 5.97 Å². The van der Waals surface area contributed by atoms with Crippen LogP contribution in [0.15, 0.2) is 48.2 Å². The molecule has 0 radical (unpaired) electrons. The molecule has 0 saturated carbocycles. The molecule has 0 aliphatic heterocycles. The Hall–Kier alpha value is -2.29. The van der Waals surface area contributed by atoms with Crippen LogP contribution in [0.1, 0.15) is 12.5 Å². The lowest BCUT2D eigenvalue weighted by atomic mass is 10.1. The Balaban J connectivity index is 2.30. The van der Waals surface area contributed by atoms with Crippen molar-refractivity contribution in [1.82, 2.24) is 4.98 Å². The van der Waals surface area contributed by atoms with Crippen molar-refractivity contribution < 1.29 is 9.90 Å². The number of rotatable bonds is 3. The van der Waals surface area contributed by atoms with Crippen LogP contribution in [0.5, 0.6) is 0 Å². The quantitative estimate of drug-likeness (QED) is 0.625. The molecule has 0 aliphatic rings. The first-order chi connectivity index (χ1) is 8.16. The van der Waals surface area contributed by atoms with Crippen molar-refractivity contribution in [2.45, 2.75) is 6.92 Å². The number of hydrogen-bond donors (Lipinski definition) is 2. The van der Waals surface area contributed by atoms with Crippen molar-refractivity contribution in [3.63, 3.8) is 0 Å². The Morgan fingerprint density at radius 2 is 2.12 bits per heavy atom. The first kappa shape index (κ1) is 11.2. The molecule has 0 bridgehead atoms. The summed E-state index contributed by atoms with van der Waals surface area (Å²) in [4.78, 5) is 13.6. The maximum absolute atomic E-state index is 10.5. The number of hydrogen-bond acceptors (Lipinski definition) is 1. The van der Waals surface area contributed by atoms with Crippen molar-refractivity contribution in [2.24, 2.45) is 0 Å². The molecule has 1 aromatic heterocycles. The Bertz CT molecular complexity index is 605. The van der Waals surface area contributed by atoms with Crippen LogP contribution >= 0.6 is 0 Å². The Labute approximate surface area is 99.1 Å². The van der Waals surface area contributed by atoms with Crippen molar-refractivity contribution >= 4 is 22.9 Å². The Morgan fingerprint density at radius 3 is 2.88 bits per heavy atom. The number of carboxylic acid groups (broad SMARTS) is 1. The van der Waals surface area contributed by atoms with Gasteiger partial charge in [-0.25, -0.2) is 4.79 Å². The summed E-state index contributed by atoms with van der Waals surface area (Å²) in [6, 6.07) is 7.99. The third kappa shape index (κ3) is 2.64. The maximum atomic E-state index is 10.5. The van der Waals surface area contributed by atoms with Crippen molar-refractivity contribution in [3.05, 3.63) is 53.8 Å². The van der Waals surface area contributed by atoms with Gasteiger partial charge in [0.2, 0.25) is 0 Å². The minimum Gasteiger partial charge on any atom is -0.478 e. The average molecular weight is 227 g/mol. The molecule has 0 fully saturated rings. The van der Waals surface area contributed by atoms with Crippen LogP contribution in [0, 0.1) is 0 Å². The standard InChI is InChI=1S/C14H13NO2/c1-10(8-14(16)17)6-7-11-9-15-13-5-3-2-4-12(11)13/h2-9,15H,1H3,(H,16,17)/b7-6+,10-8+. The third-order valence-corrected chi connectivity index (χ3v) is 2.50. The lowest BCUT2D eigenvalue weighted by Crippen LogP contribution is -1.87. The van der Waals surface area contributed by atoms with Crippen molar-refractivity contribution in [2.75, 3.05) is 0 Å². The number of H-pyrrole nitrogens is 1. The minimum absolute atomic E-state index is 0.711. The predicted octanol–water partition coefficient (Wildman–Crippen LogP) is 3.21. The molecule has 0 unspecified atom stereocenters. The van der Waals surface area contributed by atoms with Gasteiger partial charge in [-0.05, 0) is 24.1 Å². The zero-order valence-electron chi connectivity index (χ0n) is 9.47. The van der Waals surface area contributed by atoms with E-state index in [1.165, 1.54) is 6.08 Å². The molecule has 86 valence electrons. The van der Waals surface area contributed by atoms with Gasteiger partial charge in [0.15, 0.2) is 0 Å². The van der Waals surface area contributed by atoms with E-state index in [4.69, 9.17) is 5.11 Å². The molecular weight excluding hydrogens is 214 g/mol. The van der Waals surface area contributed by atoms with E-state index >= 15 is 0 Å². The van der Waals surface area contributed by atoms with Gasteiger partial charge in [0.25, 0.3) is 0 Å². The Kier molecular flexibility index (Phi) is 3.10. The SMILES string of the molecule is CC(/C=C/c1c[nH]c2ccccc12)=C\C(=O)O. The molecule has 2 rings (SSSR count). The fourth-order valence-electron chi connectivity index (χ4n) is 1.70. The van der Waals surface area contributed by atoms with Crippen LogP contribution < -0.4 is 0 Å². The highest BCUT2D eigenvalue weighted by Crippen LogP contribution is 2.19. The van der Waals surface area contributed by atoms with Gasteiger partial charge >= 0.3 is 5.97 Å². The fourth-order valence-corrected chi connectivity index (χ4v) is 1.70. The molecule has 0 aliphatic carbocycles. The van der Waals surface area contributed by atoms with Crippen LogP contribution in [-0.4, -0.2) is 16.1 Å². The zero-order valence-corrected chi connectivity index (χ0v) is 9.47. The summed E-state index contributed by atoms with van der Waals surface area (Å²) >= 11 is 0. The highest BCUT2D eigenvalue weighted by atomic mass is 16.4. The summed E-state index contributed by atoms with van der Waals surface area (Å²) in [5.74, 6) is -0.925. The van der Waals surface area contributed by atoms with Gasteiger partial charge in [0, 0.05) is 23.2 Å². The summed E-state index contributed by atoms with van der Waals surface area (Å²) in [6.45, 7) is 1.76. The van der Waals surface area contributed by atoms with Crippen molar-refractivity contribution in [3.8, 4) is 0 Å². The number of allylic oxidation sites excluding steroid dienone is 2. The second-order valence-corrected chi connectivity index (χ2v) is 3.85. The first-order valence-electron chi connectivity index (χ1n) is 5.32. The van der Waals surface area contributed by atoms with Crippen LogP contribution in [0.2, 0.25) is 0 Å². The van der Waals surface area contributed by atoms with Gasteiger partial charge < -0.3 is 10.1 Å². The number of aromatic amines is 1. The maximum Gasteiger partial charge on any atom is 0.328 e. The van der Waals surface area contributed by atoms with Gasteiger partial charge in [0.05, 0.1) is 0 Å². The van der Waals surface area contributed by atoms with Crippen molar-refractivity contribution in [1.29, 1.82) is 0 Å². The summed E-state index contributed by atoms with van der Waals surface area (Å²) in [5, 5.41) is 9.73. The molecule has 1 aromatic carbocycles. The number of benzene rings is 1. The molecule has 17 heavy (non-hydrogen) atoms. The second-order valence-electron chi connectivity index (χ2n) is 3.85. The normalized spacial score (nSPS) is 12.4. The lowest BCUT2D eigenvalue weighted by Gasteiger charge is -1.92. The monoisotopic (exact) mass is 227 g/mol. The zero-order chi connectivity index (χ0) is 12.3. The predicted molar refractivity (Wildman–Crippen MR) is 68.7 cm³/mol. The van der Waals surface area contributed by atoms with Gasteiger partial charge in [-0.1, -0.05) is 30.4 Å². The molecule has 2 N–H and O–H groups in total. The molecule has 0 amide bonds. The molecule has 1 heterocycles. The van der Waals surface area contributed by atoms with E-state index in [0.717, 1.165) is 16.5 Å². The van der Waals surface area contributed by atoms with Crippen LogP contribution in [-0.2, 0) is 4.79 Å². The second kappa shape index (κ2) is 4.70. The fraction of sp³-hybridized carbons (Fsp3) is 0.0714. The number of aliphatic carboxylic acids is 1. The van der Waals surface area contributed by atoms with E-state index in [1.54, 1.807) is 13.0 Å². The van der Waals surface area contributed by atoms with Crippen LogP contribution in [0.4, 0.5) is 0 Å². The van der Waals surface area contributed by atoms with E-state index in [0.29, 0.717) is 5.57 Å². The number of fused-ring (bicyclic) bond motifs is 1. The molecule has 0 atom stereocenters. The molecule has 2 aromatic rings. The highest BCUT2D eigenvalue weighted by Gasteiger charge is 1.98. The van der Waals surface area contributed by atoms with E-state index in [-0.39, 0.29) is 0 Å². The topological polar surface area (TPSA) is 53.1 Å². The van der Waals surface area contributed by atoms with E-state index in [1.807, 2.05) is 36.5 Å². The molecule has 3 nitrogen and oxygen atoms in total. The number of carbonyl (C=O) groups is 1. The number of aromatic nitrogens is 1. The van der Waals surface area contributed by atoms with Gasteiger partial charge in [-0.2, -0.15) is 0 Å². The summed E-state index contributed by atoms with van der Waals surface area (Å²) in [6.07, 6.45) is 6.80. The summed E-state index contributed by atoms with van der Waals surface area (Å²) in [7, 11) is 0. The molecule has 0 saturated heterocycles. The smallest absolute Gasteiger partial charge is 0.328 e. The highest BCUT2D eigenvalue weighted by molar-refractivity contribution is 5.89. The van der Waals surface area contributed by atoms with Crippen LogP contribution in [0.3, 0.4) is 0 Å². The lowest BCUT2D eigenvalue weighted by molar-refractivity contribution is -0.131. The number of carboxylic acids is 1. The number of para-hydroxylation sites is 1. The van der Waals surface area contributed by atoms with Crippen LogP contribution in [0.25, 0.3) is 17.0 Å². The van der Waals surface area contributed by atoms with Gasteiger partial charge in [0.1, 0.15) is 0 Å². The number of nitrogens with one attached hydrogen (secondary N) is 1. The third-order valence-electron chi connectivity index (χ3n) is 2.50. The van der Waals surface area contributed by atoms with E-state index in [9.17, 15) is 4.79 Å². The first-order valence-corrected chi connectivity index (χ1v) is 5.32. The Morgan fingerprint density at radius 1 is 1.35 bits per heavy atom. The van der Waals surface area contributed by atoms with Gasteiger partial charge in [-0.3, -0.25) is 0 Å². The average Bonchev–Trinajstić information content (AvgIpc) is 2.69. The summed E-state index contributed by atoms with van der Waals surface area (Å²) < 4.78 is 0. The molecule has 3 heteroatoms. The molecule has 0 spiro atoms. The largest absolute Gasteiger partial charge is 0.478 e. The summed E-state index contributed by atoms with van der Waals surface area (Å²) in [5.41, 5.74) is 2.84. The van der Waals surface area contributed by atoms with Gasteiger partial charge in [-0.15, -0.1) is 0 Å².